The molecule has 7 heteroatoms. The summed E-state index contributed by atoms with van der Waals surface area (Å²) in [4.78, 5) is 12.5. The number of hydrogen-bond donors (Lipinski definition) is 0. The van der Waals surface area contributed by atoms with Gasteiger partial charge >= 0.3 is 5.97 Å². The van der Waals surface area contributed by atoms with Crippen molar-refractivity contribution in [1.29, 1.82) is 0 Å². The molecule has 0 atom stereocenters. The lowest BCUT2D eigenvalue weighted by atomic mass is 10.0. The first kappa shape index (κ1) is 23.5. The Morgan fingerprint density at radius 3 is 2.45 bits per heavy atom. The van der Waals surface area contributed by atoms with E-state index in [2.05, 4.69) is 0 Å². The lowest BCUT2D eigenvalue weighted by molar-refractivity contribution is -0.143. The summed E-state index contributed by atoms with van der Waals surface area (Å²) in [5.74, 6) is -0.684. The van der Waals surface area contributed by atoms with E-state index in [9.17, 15) is 17.6 Å². The largest absolute Gasteiger partial charge is 0.465 e. The summed E-state index contributed by atoms with van der Waals surface area (Å²) >= 11 is 0. The number of carbonyl (C=O) groups is 1. The van der Waals surface area contributed by atoms with Crippen molar-refractivity contribution < 1.29 is 22.3 Å². The highest BCUT2D eigenvalue weighted by molar-refractivity contribution is 7.92. The number of halogens is 1. The van der Waals surface area contributed by atoms with E-state index in [0.29, 0.717) is 17.9 Å². The van der Waals surface area contributed by atoms with E-state index >= 15 is 0 Å². The maximum absolute atomic E-state index is 14.1. The Hall–Kier alpha value is -2.67. The molecule has 1 saturated carbocycles. The molecule has 176 valence electrons. The van der Waals surface area contributed by atoms with Crippen molar-refractivity contribution in [3.8, 4) is 0 Å². The molecule has 0 amide bonds. The van der Waals surface area contributed by atoms with Gasteiger partial charge < -0.3 is 9.30 Å². The van der Waals surface area contributed by atoms with E-state index in [0.717, 1.165) is 59.8 Å². The molecular weight excluding hydrogens is 441 g/mol. The zero-order chi connectivity index (χ0) is 23.6. The highest BCUT2D eigenvalue weighted by Crippen LogP contribution is 2.31. The molecular formula is C26H30FNO4S. The molecule has 1 heterocycles. The van der Waals surface area contributed by atoms with Crippen molar-refractivity contribution in [3.05, 3.63) is 65.1 Å². The third kappa shape index (κ3) is 4.83. The van der Waals surface area contributed by atoms with Crippen LogP contribution in [0.2, 0.25) is 0 Å². The van der Waals surface area contributed by atoms with Crippen LogP contribution in [0.4, 0.5) is 4.39 Å². The van der Waals surface area contributed by atoms with E-state index in [1.807, 2.05) is 23.6 Å². The minimum absolute atomic E-state index is 0.0559. The van der Waals surface area contributed by atoms with Crippen molar-refractivity contribution in [2.45, 2.75) is 69.1 Å². The summed E-state index contributed by atoms with van der Waals surface area (Å²) in [6, 6.07) is 11.6. The standard InChI is InChI=1S/C26H30FNO4S/c1-3-32-26(29)17-28-18(2)23(24-16-20(27)11-14-25(24)28)15-19-9-12-22(13-10-19)33(30,31)21-7-5-4-6-8-21/h9-14,16,21H,3-8,15,17H2,1-2H3. The number of sulfone groups is 1. The van der Waals surface area contributed by atoms with Crippen LogP contribution in [0.25, 0.3) is 10.9 Å². The van der Waals surface area contributed by atoms with Gasteiger partial charge in [-0.1, -0.05) is 31.4 Å². The summed E-state index contributed by atoms with van der Waals surface area (Å²) in [5.41, 5.74) is 3.48. The average molecular weight is 472 g/mol. The Bertz CT molecular complexity index is 1260. The molecule has 0 aliphatic heterocycles. The maximum atomic E-state index is 14.1. The average Bonchev–Trinajstić information content (AvgIpc) is 3.05. The monoisotopic (exact) mass is 471 g/mol. The molecule has 3 aromatic rings. The van der Waals surface area contributed by atoms with Crippen LogP contribution in [-0.2, 0) is 32.3 Å². The molecule has 33 heavy (non-hydrogen) atoms. The molecule has 0 saturated heterocycles. The Morgan fingerprint density at radius 1 is 1.09 bits per heavy atom. The number of carbonyl (C=O) groups excluding carboxylic acids is 1. The minimum Gasteiger partial charge on any atom is -0.465 e. The van der Waals surface area contributed by atoms with E-state index < -0.39 is 9.84 Å². The first-order chi connectivity index (χ1) is 15.8. The van der Waals surface area contributed by atoms with Gasteiger partial charge in [-0.15, -0.1) is 0 Å². The van der Waals surface area contributed by atoms with Crippen LogP contribution in [0.5, 0.6) is 0 Å². The van der Waals surface area contributed by atoms with Crippen molar-refractivity contribution >= 4 is 26.7 Å². The summed E-state index contributed by atoms with van der Waals surface area (Å²) in [5, 5.41) is 0.457. The van der Waals surface area contributed by atoms with Crippen LogP contribution in [0, 0.1) is 12.7 Å². The van der Waals surface area contributed by atoms with E-state index in [1.165, 1.54) is 12.1 Å². The Labute approximate surface area is 194 Å². The van der Waals surface area contributed by atoms with Crippen LogP contribution in [0.3, 0.4) is 0 Å². The normalized spacial score (nSPS) is 15.1. The van der Waals surface area contributed by atoms with Gasteiger partial charge in [0, 0.05) is 16.6 Å². The minimum atomic E-state index is -3.32. The Morgan fingerprint density at radius 2 is 1.79 bits per heavy atom. The molecule has 4 rings (SSSR count). The summed E-state index contributed by atoms with van der Waals surface area (Å²) in [7, 11) is -3.32. The molecule has 1 aliphatic rings. The van der Waals surface area contributed by atoms with Crippen LogP contribution >= 0.6 is 0 Å². The second-order valence-corrected chi connectivity index (χ2v) is 11.0. The highest BCUT2D eigenvalue weighted by Gasteiger charge is 2.28. The fourth-order valence-electron chi connectivity index (χ4n) is 4.86. The maximum Gasteiger partial charge on any atom is 0.325 e. The van der Waals surface area contributed by atoms with Gasteiger partial charge in [0.1, 0.15) is 12.4 Å². The van der Waals surface area contributed by atoms with Crippen molar-refractivity contribution in [3.63, 3.8) is 0 Å². The second kappa shape index (κ2) is 9.67. The number of fused-ring (bicyclic) bond motifs is 1. The van der Waals surface area contributed by atoms with Crippen molar-refractivity contribution in [2.75, 3.05) is 6.61 Å². The predicted molar refractivity (Wildman–Crippen MR) is 127 cm³/mol. The summed E-state index contributed by atoms with van der Waals surface area (Å²) in [6.45, 7) is 4.03. The van der Waals surface area contributed by atoms with Crippen LogP contribution < -0.4 is 0 Å². The van der Waals surface area contributed by atoms with Crippen molar-refractivity contribution in [2.24, 2.45) is 0 Å². The Balaban J connectivity index is 1.64. The summed E-state index contributed by atoms with van der Waals surface area (Å²) in [6.07, 6.45) is 5.00. The zero-order valence-electron chi connectivity index (χ0n) is 19.1. The molecule has 2 aromatic carbocycles. The van der Waals surface area contributed by atoms with Crippen LogP contribution in [0.1, 0.15) is 55.8 Å². The summed E-state index contributed by atoms with van der Waals surface area (Å²) < 4.78 is 47.0. The first-order valence-corrected chi connectivity index (χ1v) is 13.1. The number of benzene rings is 2. The van der Waals surface area contributed by atoms with E-state index in [4.69, 9.17) is 4.74 Å². The second-order valence-electron chi connectivity index (χ2n) is 8.74. The third-order valence-corrected chi connectivity index (χ3v) is 8.91. The number of nitrogens with zero attached hydrogens (tertiary/aromatic N) is 1. The lowest BCUT2D eigenvalue weighted by Crippen LogP contribution is -2.24. The van der Waals surface area contributed by atoms with Gasteiger partial charge in [-0.3, -0.25) is 4.79 Å². The molecule has 1 aromatic heterocycles. The number of ether oxygens (including phenoxy) is 1. The van der Waals surface area contributed by atoms with Crippen molar-refractivity contribution in [1.82, 2.24) is 4.57 Å². The molecule has 0 radical (unpaired) electrons. The zero-order valence-corrected chi connectivity index (χ0v) is 20.0. The SMILES string of the molecule is CCOC(=O)Cn1c(C)c(Cc2ccc(S(=O)(=O)C3CCCCC3)cc2)c2cc(F)ccc21. The molecule has 1 fully saturated rings. The number of aromatic nitrogens is 1. The third-order valence-electron chi connectivity index (χ3n) is 6.63. The molecule has 5 nitrogen and oxygen atoms in total. The smallest absolute Gasteiger partial charge is 0.325 e. The van der Waals surface area contributed by atoms with Gasteiger partial charge in [0.15, 0.2) is 9.84 Å². The van der Waals surface area contributed by atoms with Crippen LogP contribution in [-0.4, -0.2) is 30.8 Å². The fourth-order valence-corrected chi connectivity index (χ4v) is 6.71. The van der Waals surface area contributed by atoms with Gasteiger partial charge in [0.05, 0.1) is 16.8 Å². The van der Waals surface area contributed by atoms with E-state index in [-0.39, 0.29) is 23.6 Å². The molecule has 0 unspecified atom stereocenters. The Kier molecular flexibility index (Phi) is 6.88. The fraction of sp³-hybridized carbons (Fsp3) is 0.423. The van der Waals surface area contributed by atoms with Crippen LogP contribution in [0.15, 0.2) is 47.4 Å². The number of esters is 1. The molecule has 1 aliphatic carbocycles. The van der Waals surface area contributed by atoms with Gasteiger partial charge in [0.25, 0.3) is 0 Å². The molecule has 0 N–H and O–H groups in total. The number of hydrogen-bond acceptors (Lipinski definition) is 4. The van der Waals surface area contributed by atoms with Gasteiger partial charge in [-0.05, 0) is 74.6 Å². The quantitative estimate of drug-likeness (QED) is 0.436. The predicted octanol–water partition coefficient (Wildman–Crippen LogP) is 5.35. The number of rotatable bonds is 7. The van der Waals surface area contributed by atoms with Gasteiger partial charge in [-0.2, -0.15) is 0 Å². The lowest BCUT2D eigenvalue weighted by Gasteiger charge is -2.21. The highest BCUT2D eigenvalue weighted by atomic mass is 32.2. The topological polar surface area (TPSA) is 65.4 Å². The first-order valence-electron chi connectivity index (χ1n) is 11.6. The van der Waals surface area contributed by atoms with Gasteiger partial charge in [0.2, 0.25) is 0 Å². The van der Waals surface area contributed by atoms with Gasteiger partial charge in [-0.25, -0.2) is 12.8 Å². The molecule has 0 spiro atoms. The molecule has 0 bridgehead atoms. The van der Waals surface area contributed by atoms with E-state index in [1.54, 1.807) is 25.1 Å².